The maximum Gasteiger partial charge on any atom is 0.153 e. The van der Waals surface area contributed by atoms with Crippen molar-refractivity contribution in [3.63, 3.8) is 0 Å². The van der Waals surface area contributed by atoms with E-state index in [0.717, 1.165) is 32.0 Å². The molecule has 0 radical (unpaired) electrons. The number of hydrogen-bond acceptors (Lipinski definition) is 3. The summed E-state index contributed by atoms with van der Waals surface area (Å²) in [4.78, 5) is 10.8. The largest absolute Gasteiger partial charge is 0.487 e. The van der Waals surface area contributed by atoms with Crippen molar-refractivity contribution in [1.29, 1.82) is 0 Å². The second-order valence-corrected chi connectivity index (χ2v) is 4.16. The van der Waals surface area contributed by atoms with Gasteiger partial charge in [0.1, 0.15) is 11.9 Å². The van der Waals surface area contributed by atoms with E-state index in [1.54, 1.807) is 18.2 Å². The Bertz CT molecular complexity index is 362. The van der Waals surface area contributed by atoms with Gasteiger partial charge in [0.15, 0.2) is 6.29 Å². The van der Waals surface area contributed by atoms with Crippen LogP contribution in [0.4, 0.5) is 0 Å². The summed E-state index contributed by atoms with van der Waals surface area (Å²) in [5.74, 6) is 0.573. The maximum atomic E-state index is 10.8. The van der Waals surface area contributed by atoms with E-state index in [1.807, 2.05) is 6.07 Å². The Kier molecular flexibility index (Phi) is 3.57. The van der Waals surface area contributed by atoms with E-state index in [2.05, 4.69) is 0 Å². The minimum absolute atomic E-state index is 0.171. The van der Waals surface area contributed by atoms with Crippen LogP contribution in [0.25, 0.3) is 0 Å². The molecule has 2 rings (SSSR count). The average molecular weight is 220 g/mol. The van der Waals surface area contributed by atoms with E-state index in [-0.39, 0.29) is 6.10 Å². The monoisotopic (exact) mass is 220 g/mol. The molecule has 1 aromatic carbocycles. The Morgan fingerprint density at radius 1 is 1.25 bits per heavy atom. The minimum Gasteiger partial charge on any atom is -0.487 e. The molecule has 3 nitrogen and oxygen atoms in total. The summed E-state index contributed by atoms with van der Waals surface area (Å²) in [6, 6.07) is 7.12. The van der Waals surface area contributed by atoms with E-state index < -0.39 is 6.10 Å². The van der Waals surface area contributed by atoms with Crippen LogP contribution in [0.2, 0.25) is 0 Å². The highest BCUT2D eigenvalue weighted by atomic mass is 16.5. The van der Waals surface area contributed by atoms with Crippen LogP contribution >= 0.6 is 0 Å². The number of carbonyl (C=O) groups excluding carboxylic acids is 1. The van der Waals surface area contributed by atoms with E-state index in [0.29, 0.717) is 11.3 Å². The van der Waals surface area contributed by atoms with Gasteiger partial charge in [0.25, 0.3) is 0 Å². The van der Waals surface area contributed by atoms with Crippen molar-refractivity contribution in [2.45, 2.75) is 37.9 Å². The zero-order valence-corrected chi connectivity index (χ0v) is 9.13. The van der Waals surface area contributed by atoms with Gasteiger partial charge in [0, 0.05) is 0 Å². The standard InChI is InChI=1S/C13H16O3/c14-9-10-5-1-3-7-12(10)16-13-8-4-2-6-11(13)15/h1,3,5,7,9,11,13,15H,2,4,6,8H2. The SMILES string of the molecule is O=Cc1ccccc1OC1CCCCC1O. The molecule has 1 aliphatic rings. The van der Waals surface area contributed by atoms with E-state index in [9.17, 15) is 9.90 Å². The quantitative estimate of drug-likeness (QED) is 0.794. The number of carbonyl (C=O) groups is 1. The van der Waals surface area contributed by atoms with Crippen molar-refractivity contribution in [2.24, 2.45) is 0 Å². The predicted octanol–water partition coefficient (Wildman–Crippen LogP) is 2.18. The van der Waals surface area contributed by atoms with Gasteiger partial charge < -0.3 is 9.84 Å². The lowest BCUT2D eigenvalue weighted by Crippen LogP contribution is -2.34. The first-order valence-electron chi connectivity index (χ1n) is 5.70. The van der Waals surface area contributed by atoms with Crippen molar-refractivity contribution in [3.05, 3.63) is 29.8 Å². The van der Waals surface area contributed by atoms with E-state index in [1.165, 1.54) is 0 Å². The number of rotatable bonds is 3. The molecular weight excluding hydrogens is 204 g/mol. The number of aliphatic hydroxyl groups is 1. The first-order chi connectivity index (χ1) is 7.81. The molecule has 1 fully saturated rings. The molecular formula is C13H16O3. The third kappa shape index (κ3) is 2.42. The molecule has 0 amide bonds. The van der Waals surface area contributed by atoms with Crippen LogP contribution in [0.5, 0.6) is 5.75 Å². The van der Waals surface area contributed by atoms with Gasteiger partial charge in [-0.1, -0.05) is 18.6 Å². The van der Waals surface area contributed by atoms with Crippen LogP contribution in [0.15, 0.2) is 24.3 Å². The molecule has 1 aliphatic carbocycles. The topological polar surface area (TPSA) is 46.5 Å². The van der Waals surface area contributed by atoms with Gasteiger partial charge in [-0.3, -0.25) is 4.79 Å². The molecule has 2 atom stereocenters. The fraction of sp³-hybridized carbons (Fsp3) is 0.462. The molecule has 1 aromatic rings. The number of ether oxygens (including phenoxy) is 1. The van der Waals surface area contributed by atoms with Gasteiger partial charge in [0.05, 0.1) is 11.7 Å². The zero-order valence-electron chi connectivity index (χ0n) is 9.13. The van der Waals surface area contributed by atoms with Crippen molar-refractivity contribution in [3.8, 4) is 5.75 Å². The molecule has 16 heavy (non-hydrogen) atoms. The fourth-order valence-corrected chi connectivity index (χ4v) is 2.06. The van der Waals surface area contributed by atoms with E-state index >= 15 is 0 Å². The number of aliphatic hydroxyl groups excluding tert-OH is 1. The maximum absolute atomic E-state index is 10.8. The Hall–Kier alpha value is -1.35. The lowest BCUT2D eigenvalue weighted by molar-refractivity contribution is 0.00658. The van der Waals surface area contributed by atoms with E-state index in [4.69, 9.17) is 4.74 Å². The van der Waals surface area contributed by atoms with Crippen LogP contribution in [0, 0.1) is 0 Å². The third-order valence-corrected chi connectivity index (χ3v) is 2.99. The molecule has 1 saturated carbocycles. The molecule has 86 valence electrons. The zero-order chi connectivity index (χ0) is 11.4. The van der Waals surface area contributed by atoms with Gasteiger partial charge in [-0.25, -0.2) is 0 Å². The first kappa shape index (κ1) is 11.1. The Morgan fingerprint density at radius 2 is 2.00 bits per heavy atom. The summed E-state index contributed by atoms with van der Waals surface area (Å²) in [6.45, 7) is 0. The van der Waals surface area contributed by atoms with Gasteiger partial charge in [-0.15, -0.1) is 0 Å². The molecule has 0 heterocycles. The Balaban J connectivity index is 2.10. The summed E-state index contributed by atoms with van der Waals surface area (Å²) in [7, 11) is 0. The van der Waals surface area contributed by atoms with Crippen molar-refractivity contribution in [1.82, 2.24) is 0 Å². The molecule has 0 aromatic heterocycles. The summed E-state index contributed by atoms with van der Waals surface area (Å²) in [5, 5.41) is 9.78. The molecule has 0 spiro atoms. The third-order valence-electron chi connectivity index (χ3n) is 2.99. The lowest BCUT2D eigenvalue weighted by atomic mass is 9.95. The number of para-hydroxylation sites is 1. The normalized spacial score (nSPS) is 25.1. The van der Waals surface area contributed by atoms with Gasteiger partial charge >= 0.3 is 0 Å². The summed E-state index contributed by atoms with van der Waals surface area (Å²) in [5.41, 5.74) is 0.542. The Labute approximate surface area is 95.0 Å². The van der Waals surface area contributed by atoms with Crippen molar-refractivity contribution >= 4 is 6.29 Å². The number of aldehydes is 1. The number of hydrogen-bond donors (Lipinski definition) is 1. The molecule has 1 N–H and O–H groups in total. The Morgan fingerprint density at radius 3 is 2.75 bits per heavy atom. The molecule has 0 saturated heterocycles. The smallest absolute Gasteiger partial charge is 0.153 e. The lowest BCUT2D eigenvalue weighted by Gasteiger charge is -2.28. The first-order valence-corrected chi connectivity index (χ1v) is 5.70. The molecule has 3 heteroatoms. The van der Waals surface area contributed by atoms with Crippen LogP contribution in [0.3, 0.4) is 0 Å². The highest BCUT2D eigenvalue weighted by Gasteiger charge is 2.25. The average Bonchev–Trinajstić information content (AvgIpc) is 2.33. The molecule has 0 aliphatic heterocycles. The van der Waals surface area contributed by atoms with Gasteiger partial charge in [-0.05, 0) is 31.4 Å². The van der Waals surface area contributed by atoms with Crippen molar-refractivity contribution < 1.29 is 14.6 Å². The summed E-state index contributed by atoms with van der Waals surface area (Å²) >= 11 is 0. The predicted molar refractivity (Wildman–Crippen MR) is 60.7 cm³/mol. The van der Waals surface area contributed by atoms with Crippen LogP contribution in [-0.2, 0) is 0 Å². The van der Waals surface area contributed by atoms with Crippen LogP contribution in [0.1, 0.15) is 36.0 Å². The highest BCUT2D eigenvalue weighted by molar-refractivity contribution is 5.79. The summed E-state index contributed by atoms with van der Waals surface area (Å²) < 4.78 is 5.71. The second kappa shape index (κ2) is 5.12. The molecule has 0 bridgehead atoms. The summed E-state index contributed by atoms with van der Waals surface area (Å²) in [6.07, 6.45) is 3.97. The van der Waals surface area contributed by atoms with Crippen molar-refractivity contribution in [2.75, 3.05) is 0 Å². The van der Waals surface area contributed by atoms with Crippen LogP contribution in [-0.4, -0.2) is 23.6 Å². The second-order valence-electron chi connectivity index (χ2n) is 4.16. The molecule has 2 unspecified atom stereocenters. The number of benzene rings is 1. The van der Waals surface area contributed by atoms with Crippen LogP contribution < -0.4 is 4.74 Å². The fourth-order valence-electron chi connectivity index (χ4n) is 2.06. The minimum atomic E-state index is -0.409. The highest BCUT2D eigenvalue weighted by Crippen LogP contribution is 2.25. The van der Waals surface area contributed by atoms with Gasteiger partial charge in [-0.2, -0.15) is 0 Å². The van der Waals surface area contributed by atoms with Gasteiger partial charge in [0.2, 0.25) is 0 Å².